The lowest BCUT2D eigenvalue weighted by molar-refractivity contribution is -0.137. The van der Waals surface area contributed by atoms with E-state index in [0.29, 0.717) is 0 Å². The van der Waals surface area contributed by atoms with E-state index >= 15 is 0 Å². The summed E-state index contributed by atoms with van der Waals surface area (Å²) in [5, 5.41) is 9.16. The summed E-state index contributed by atoms with van der Waals surface area (Å²) in [6, 6.07) is -1.32. The van der Waals surface area contributed by atoms with Gasteiger partial charge in [-0.15, -0.1) is 0 Å². The van der Waals surface area contributed by atoms with Gasteiger partial charge in [-0.3, -0.25) is 0 Å². The van der Waals surface area contributed by atoms with Crippen LogP contribution in [0.2, 0.25) is 0 Å². The Morgan fingerprint density at radius 3 is 2.30 bits per heavy atom. The molecule has 0 bridgehead atoms. The molecule has 0 aromatic carbocycles. The van der Waals surface area contributed by atoms with Crippen LogP contribution in [0.25, 0.3) is 0 Å². The zero-order valence-electron chi connectivity index (χ0n) is 11.2. The zero-order valence-corrected chi connectivity index (χ0v) is 12.0. The Kier molecular flexibility index (Phi) is 4.88. The number of aliphatic hydroxyl groups excluding tert-OH is 1. The number of aliphatic hydroxyl groups is 1. The fourth-order valence-corrected chi connectivity index (χ4v) is 3.64. The van der Waals surface area contributed by atoms with E-state index < -0.39 is 35.3 Å². The van der Waals surface area contributed by atoms with Crippen molar-refractivity contribution in [1.29, 1.82) is 0 Å². The first-order valence-electron chi connectivity index (χ1n) is 5.76. The number of hydrogen-bond acceptors (Lipinski definition) is 4. The molecule has 0 aliphatic carbocycles. The Morgan fingerprint density at radius 1 is 1.30 bits per heavy atom. The van der Waals surface area contributed by atoms with Crippen molar-refractivity contribution in [2.75, 3.05) is 0 Å². The van der Waals surface area contributed by atoms with Gasteiger partial charge in [0.1, 0.15) is 16.4 Å². The van der Waals surface area contributed by atoms with Crippen LogP contribution in [0.3, 0.4) is 0 Å². The molecule has 1 aromatic heterocycles. The quantitative estimate of drug-likeness (QED) is 0.871. The minimum atomic E-state index is -4.47. The van der Waals surface area contributed by atoms with Gasteiger partial charge in [-0.25, -0.2) is 13.1 Å². The van der Waals surface area contributed by atoms with Crippen molar-refractivity contribution in [2.45, 2.75) is 50.9 Å². The highest BCUT2D eigenvalue weighted by Gasteiger charge is 2.34. The molecule has 0 aliphatic heterocycles. The lowest BCUT2D eigenvalue weighted by Crippen LogP contribution is -2.36. The Bertz CT molecular complexity index is 577. The van der Waals surface area contributed by atoms with Crippen molar-refractivity contribution in [3.05, 3.63) is 17.1 Å². The Labute approximate surface area is 114 Å². The number of furan rings is 1. The summed E-state index contributed by atoms with van der Waals surface area (Å²) >= 11 is 0. The first kappa shape index (κ1) is 17.0. The van der Waals surface area contributed by atoms with Crippen LogP contribution >= 0.6 is 0 Å². The highest BCUT2D eigenvalue weighted by Crippen LogP contribution is 2.28. The van der Waals surface area contributed by atoms with Gasteiger partial charge in [0.25, 0.3) is 0 Å². The van der Waals surface area contributed by atoms with Gasteiger partial charge in [0.15, 0.2) is 0 Å². The summed E-state index contributed by atoms with van der Waals surface area (Å²) in [4.78, 5) is -0.300. The number of nitrogens with one attached hydrogen (secondary N) is 1. The molecule has 0 amide bonds. The molecule has 0 spiro atoms. The van der Waals surface area contributed by atoms with Crippen molar-refractivity contribution in [3.8, 4) is 0 Å². The third-order valence-corrected chi connectivity index (χ3v) is 4.43. The lowest BCUT2D eigenvalue weighted by Gasteiger charge is -2.16. The van der Waals surface area contributed by atoms with Crippen molar-refractivity contribution in [1.82, 2.24) is 4.72 Å². The normalized spacial score (nSPS) is 14.6. The summed E-state index contributed by atoms with van der Waals surface area (Å²) in [6.45, 7) is 3.38. The predicted octanol–water partition coefficient (Wildman–Crippen LogP) is 2.01. The van der Waals surface area contributed by atoms with Gasteiger partial charge in [-0.05, 0) is 20.8 Å². The molecular weight excluding hydrogens is 299 g/mol. The summed E-state index contributed by atoms with van der Waals surface area (Å²) in [6.07, 6.45) is -5.75. The van der Waals surface area contributed by atoms with Crippen LogP contribution in [0, 0.1) is 13.8 Å². The van der Waals surface area contributed by atoms with Crippen molar-refractivity contribution >= 4 is 10.0 Å². The highest BCUT2D eigenvalue weighted by atomic mass is 32.2. The van der Waals surface area contributed by atoms with Crippen LogP contribution in [-0.4, -0.2) is 25.7 Å². The molecule has 1 heterocycles. The molecule has 0 saturated carbocycles. The zero-order chi connectivity index (χ0) is 15.7. The molecule has 0 aliphatic rings. The van der Waals surface area contributed by atoms with Gasteiger partial charge in [-0.1, -0.05) is 0 Å². The number of hydrogen-bond donors (Lipinski definition) is 2. The molecule has 1 rings (SSSR count). The average Bonchev–Trinajstić information content (AvgIpc) is 2.49. The fraction of sp³-hybridized carbons (Fsp3) is 0.636. The molecule has 0 radical (unpaired) electrons. The number of halogens is 3. The predicted molar refractivity (Wildman–Crippen MR) is 64.6 cm³/mol. The Morgan fingerprint density at radius 2 is 1.85 bits per heavy atom. The third-order valence-electron chi connectivity index (χ3n) is 2.65. The smallest absolute Gasteiger partial charge is 0.390 e. The monoisotopic (exact) mass is 315 g/mol. The van der Waals surface area contributed by atoms with E-state index in [1.165, 1.54) is 13.8 Å². The number of rotatable bonds is 5. The average molecular weight is 315 g/mol. The molecule has 1 aromatic rings. The van der Waals surface area contributed by atoms with Gasteiger partial charge < -0.3 is 9.52 Å². The topological polar surface area (TPSA) is 79.5 Å². The molecular formula is C11H16F3NO4S. The molecule has 0 fully saturated rings. The summed E-state index contributed by atoms with van der Waals surface area (Å²) in [5.41, 5.74) is 0.0502. The molecule has 1 unspecified atom stereocenters. The minimum Gasteiger partial charge on any atom is -0.465 e. The number of sulfonamides is 1. The number of alkyl halides is 3. The summed E-state index contributed by atoms with van der Waals surface area (Å²) in [5.74, 6) is 0.243. The third kappa shape index (κ3) is 3.97. The lowest BCUT2D eigenvalue weighted by atomic mass is 10.2. The van der Waals surface area contributed by atoms with Crippen LogP contribution < -0.4 is 4.72 Å². The first-order chi connectivity index (χ1) is 8.98. The maximum atomic E-state index is 12.2. The summed E-state index contributed by atoms with van der Waals surface area (Å²) < 4.78 is 67.9. The molecule has 5 nitrogen and oxygen atoms in total. The summed E-state index contributed by atoms with van der Waals surface area (Å²) in [7, 11) is -4.19. The molecule has 116 valence electrons. The van der Waals surface area contributed by atoms with Crippen molar-refractivity contribution in [3.63, 3.8) is 0 Å². The van der Waals surface area contributed by atoms with Gasteiger partial charge in [-0.2, -0.15) is 13.2 Å². The second kappa shape index (κ2) is 5.74. The van der Waals surface area contributed by atoms with Crippen LogP contribution in [0.4, 0.5) is 13.2 Å². The van der Waals surface area contributed by atoms with Crippen molar-refractivity contribution in [2.24, 2.45) is 0 Å². The molecule has 20 heavy (non-hydrogen) atoms. The van der Waals surface area contributed by atoms with E-state index in [-0.39, 0.29) is 22.0 Å². The van der Waals surface area contributed by atoms with E-state index in [0.717, 1.165) is 6.92 Å². The Hall–Kier alpha value is -1.06. The van der Waals surface area contributed by atoms with Gasteiger partial charge in [0.05, 0.1) is 13.0 Å². The second-order valence-electron chi connectivity index (χ2n) is 4.52. The molecule has 2 N–H and O–H groups in total. The maximum Gasteiger partial charge on any atom is 0.390 e. The van der Waals surface area contributed by atoms with E-state index in [9.17, 15) is 21.6 Å². The van der Waals surface area contributed by atoms with E-state index in [2.05, 4.69) is 0 Å². The van der Waals surface area contributed by atoms with E-state index in [4.69, 9.17) is 9.52 Å². The van der Waals surface area contributed by atoms with Crippen LogP contribution in [0.15, 0.2) is 9.31 Å². The van der Waals surface area contributed by atoms with E-state index in [1.807, 2.05) is 4.72 Å². The second-order valence-corrected chi connectivity index (χ2v) is 6.17. The van der Waals surface area contributed by atoms with Crippen LogP contribution in [-0.2, 0) is 16.6 Å². The van der Waals surface area contributed by atoms with Gasteiger partial charge >= 0.3 is 6.18 Å². The first-order valence-corrected chi connectivity index (χ1v) is 7.25. The number of aryl methyl sites for hydroxylation is 2. The highest BCUT2D eigenvalue weighted by molar-refractivity contribution is 7.89. The van der Waals surface area contributed by atoms with Crippen LogP contribution in [0.1, 0.15) is 30.4 Å². The fourth-order valence-electron chi connectivity index (χ4n) is 1.96. The Balaban J connectivity index is 3.06. The molecule has 9 heteroatoms. The maximum absolute atomic E-state index is 12.2. The van der Waals surface area contributed by atoms with Gasteiger partial charge in [0.2, 0.25) is 10.0 Å². The largest absolute Gasteiger partial charge is 0.465 e. The standard InChI is InChI=1S/C11H16F3NO4S/c1-6(4-11(12,13)14)15-20(17,18)10-8(3)19-7(2)9(10)5-16/h6,15-16H,4-5H2,1-3H3. The molecule has 1 atom stereocenters. The molecule has 0 saturated heterocycles. The van der Waals surface area contributed by atoms with Crippen LogP contribution in [0.5, 0.6) is 0 Å². The minimum absolute atomic E-state index is 0.0262. The SMILES string of the molecule is Cc1oc(C)c(S(=O)(=O)NC(C)CC(F)(F)F)c1CO. The van der Waals surface area contributed by atoms with E-state index in [1.54, 1.807) is 0 Å². The van der Waals surface area contributed by atoms with Gasteiger partial charge in [0, 0.05) is 11.6 Å². The van der Waals surface area contributed by atoms with Crippen molar-refractivity contribution < 1.29 is 31.1 Å².